The van der Waals surface area contributed by atoms with Gasteiger partial charge in [0.05, 0.1) is 17.8 Å². The molecule has 0 fully saturated rings. The number of nitrogens with two attached hydrogens (primary N) is 1. The standard InChI is InChI=1S/C20H24N2O2S/c1-14(13-23-2)24-19-12-18(20-7-5-3-4-6-10-25-20)22-17-9-8-15(21)11-16(17)19/h6-12,14H,3-5,13,21H2,1-2H3/b10-6+,20-7-/t14-/m1/s1. The first-order chi connectivity index (χ1) is 12.2. The van der Waals surface area contributed by atoms with Crippen LogP contribution in [0.4, 0.5) is 5.69 Å². The number of nitrogens with zero attached hydrogens (tertiary/aromatic N) is 1. The minimum atomic E-state index is -0.0521. The number of anilines is 1. The highest BCUT2D eigenvalue weighted by atomic mass is 32.2. The molecular weight excluding hydrogens is 332 g/mol. The lowest BCUT2D eigenvalue weighted by molar-refractivity contribution is 0.0930. The van der Waals surface area contributed by atoms with Crippen LogP contribution in [0.5, 0.6) is 5.75 Å². The van der Waals surface area contributed by atoms with Gasteiger partial charge in [0.1, 0.15) is 11.9 Å². The Morgan fingerprint density at radius 1 is 1.28 bits per heavy atom. The van der Waals surface area contributed by atoms with Gasteiger partial charge < -0.3 is 15.2 Å². The lowest BCUT2D eigenvalue weighted by atomic mass is 10.1. The van der Waals surface area contributed by atoms with E-state index in [1.54, 1.807) is 18.9 Å². The largest absolute Gasteiger partial charge is 0.488 e. The third-order valence-corrected chi connectivity index (χ3v) is 4.93. The molecule has 0 unspecified atom stereocenters. The van der Waals surface area contributed by atoms with E-state index in [9.17, 15) is 0 Å². The molecule has 0 radical (unpaired) electrons. The molecule has 1 aromatic carbocycles. The quantitative estimate of drug-likeness (QED) is 0.764. The lowest BCUT2D eigenvalue weighted by Crippen LogP contribution is -2.18. The highest BCUT2D eigenvalue weighted by molar-refractivity contribution is 8.10. The van der Waals surface area contributed by atoms with Crippen molar-refractivity contribution >= 4 is 33.3 Å². The van der Waals surface area contributed by atoms with E-state index in [1.807, 2.05) is 31.2 Å². The Labute approximate surface area is 153 Å². The minimum absolute atomic E-state index is 0.0521. The van der Waals surface area contributed by atoms with Gasteiger partial charge in [0.15, 0.2) is 0 Å². The third-order valence-electron chi connectivity index (χ3n) is 3.97. The Balaban J connectivity index is 2.04. The van der Waals surface area contributed by atoms with E-state index in [-0.39, 0.29) is 6.10 Å². The zero-order valence-electron chi connectivity index (χ0n) is 14.7. The number of hydrogen-bond donors (Lipinski definition) is 1. The summed E-state index contributed by atoms with van der Waals surface area (Å²) in [6.07, 6.45) is 7.79. The zero-order valence-corrected chi connectivity index (χ0v) is 15.5. The van der Waals surface area contributed by atoms with Gasteiger partial charge in [-0.25, -0.2) is 4.98 Å². The number of pyridine rings is 1. The van der Waals surface area contributed by atoms with Gasteiger partial charge >= 0.3 is 0 Å². The van der Waals surface area contributed by atoms with Gasteiger partial charge in [0.2, 0.25) is 0 Å². The molecule has 0 saturated heterocycles. The summed E-state index contributed by atoms with van der Waals surface area (Å²) in [5.74, 6) is 0.796. The van der Waals surface area contributed by atoms with Crippen molar-refractivity contribution in [1.29, 1.82) is 0 Å². The number of ether oxygens (including phenoxy) is 2. The molecule has 1 aliphatic rings. The second kappa shape index (κ2) is 8.41. The number of hydrogen-bond acceptors (Lipinski definition) is 5. The first-order valence-corrected chi connectivity index (χ1v) is 9.43. The molecule has 0 spiro atoms. The average molecular weight is 356 g/mol. The molecule has 0 saturated carbocycles. The number of fused-ring (bicyclic) bond motifs is 1. The molecule has 0 bridgehead atoms. The van der Waals surface area contributed by atoms with Gasteiger partial charge in [-0.15, -0.1) is 0 Å². The fourth-order valence-corrected chi connectivity index (χ4v) is 3.61. The summed E-state index contributed by atoms with van der Waals surface area (Å²) < 4.78 is 11.3. The van der Waals surface area contributed by atoms with Crippen molar-refractivity contribution in [2.45, 2.75) is 32.3 Å². The van der Waals surface area contributed by atoms with E-state index in [0.29, 0.717) is 12.3 Å². The topological polar surface area (TPSA) is 57.4 Å². The van der Waals surface area contributed by atoms with Crippen molar-refractivity contribution in [1.82, 2.24) is 4.98 Å². The summed E-state index contributed by atoms with van der Waals surface area (Å²) in [4.78, 5) is 6.00. The highest BCUT2D eigenvalue weighted by Crippen LogP contribution is 2.35. The van der Waals surface area contributed by atoms with E-state index in [2.05, 4.69) is 17.6 Å². The summed E-state index contributed by atoms with van der Waals surface area (Å²) in [5.41, 5.74) is 8.50. The maximum atomic E-state index is 6.14. The number of rotatable bonds is 5. The van der Waals surface area contributed by atoms with Crippen molar-refractivity contribution in [3.05, 3.63) is 47.5 Å². The highest BCUT2D eigenvalue weighted by Gasteiger charge is 2.14. The fraction of sp³-hybridized carbons (Fsp3) is 0.350. The molecule has 1 aromatic heterocycles. The fourth-order valence-electron chi connectivity index (χ4n) is 2.79. The summed E-state index contributed by atoms with van der Waals surface area (Å²) >= 11 is 1.71. The number of aromatic nitrogens is 1. The number of allylic oxidation sites excluding steroid dienone is 2. The van der Waals surface area contributed by atoms with Crippen LogP contribution >= 0.6 is 11.8 Å². The molecule has 1 aliphatic heterocycles. The van der Waals surface area contributed by atoms with Crippen LogP contribution in [0.1, 0.15) is 31.9 Å². The molecule has 25 heavy (non-hydrogen) atoms. The van der Waals surface area contributed by atoms with Crippen molar-refractivity contribution in [3.8, 4) is 5.75 Å². The van der Waals surface area contributed by atoms with Crippen LogP contribution in [-0.4, -0.2) is 24.8 Å². The summed E-state index contributed by atoms with van der Waals surface area (Å²) in [5, 5.41) is 3.08. The maximum Gasteiger partial charge on any atom is 0.131 e. The molecule has 3 rings (SSSR count). The van der Waals surface area contributed by atoms with Gasteiger partial charge in [-0.2, -0.15) is 0 Å². The number of thioether (sulfide) groups is 1. The van der Waals surface area contributed by atoms with Crippen molar-refractivity contribution in [2.24, 2.45) is 0 Å². The van der Waals surface area contributed by atoms with Gasteiger partial charge in [0.25, 0.3) is 0 Å². The van der Waals surface area contributed by atoms with Crippen molar-refractivity contribution in [2.75, 3.05) is 19.5 Å². The van der Waals surface area contributed by atoms with Crippen LogP contribution in [0, 0.1) is 0 Å². The molecule has 2 N–H and O–H groups in total. The molecule has 0 aliphatic carbocycles. The first-order valence-electron chi connectivity index (χ1n) is 8.55. The average Bonchev–Trinajstić information content (AvgIpc) is 2.55. The monoisotopic (exact) mass is 356 g/mol. The van der Waals surface area contributed by atoms with Crippen LogP contribution in [0.3, 0.4) is 0 Å². The smallest absolute Gasteiger partial charge is 0.131 e. The Hall–Kier alpha value is -1.98. The Morgan fingerprint density at radius 3 is 3.00 bits per heavy atom. The first kappa shape index (κ1) is 17.8. The Kier molecular flexibility index (Phi) is 6.00. The minimum Gasteiger partial charge on any atom is -0.488 e. The second-order valence-electron chi connectivity index (χ2n) is 6.15. The normalized spacial score (nSPS) is 19.5. The molecule has 2 aromatic rings. The van der Waals surface area contributed by atoms with Crippen LogP contribution in [0.15, 0.2) is 41.8 Å². The summed E-state index contributed by atoms with van der Waals surface area (Å²) in [6.45, 7) is 2.52. The zero-order chi connectivity index (χ0) is 17.6. The van der Waals surface area contributed by atoms with E-state index in [1.165, 1.54) is 11.3 Å². The van der Waals surface area contributed by atoms with E-state index >= 15 is 0 Å². The Bertz CT molecular complexity index is 802. The van der Waals surface area contributed by atoms with Crippen LogP contribution < -0.4 is 10.5 Å². The van der Waals surface area contributed by atoms with Crippen molar-refractivity contribution < 1.29 is 9.47 Å². The molecule has 2 heterocycles. The van der Waals surface area contributed by atoms with Gasteiger partial charge in [-0.05, 0) is 49.8 Å². The van der Waals surface area contributed by atoms with E-state index in [0.717, 1.165) is 35.2 Å². The molecular formula is C20H24N2O2S. The number of methoxy groups -OCH3 is 1. The maximum absolute atomic E-state index is 6.14. The Morgan fingerprint density at radius 2 is 2.16 bits per heavy atom. The number of nitrogen functional groups attached to an aromatic ring is 1. The molecule has 5 heteroatoms. The molecule has 1 atom stereocenters. The predicted molar refractivity (Wildman–Crippen MR) is 107 cm³/mol. The predicted octanol–water partition coefficient (Wildman–Crippen LogP) is 5.00. The number of benzene rings is 1. The van der Waals surface area contributed by atoms with E-state index in [4.69, 9.17) is 20.2 Å². The lowest BCUT2D eigenvalue weighted by Gasteiger charge is -2.17. The molecule has 4 nitrogen and oxygen atoms in total. The SMILES string of the molecule is COC[C@@H](C)Oc1cc(/C2=C/CCC/C=C/S2)nc2ccc(N)cc12. The van der Waals surface area contributed by atoms with Gasteiger partial charge in [-0.1, -0.05) is 23.9 Å². The summed E-state index contributed by atoms with van der Waals surface area (Å²) in [7, 11) is 1.68. The van der Waals surface area contributed by atoms with E-state index < -0.39 is 0 Å². The van der Waals surface area contributed by atoms with Gasteiger partial charge in [-0.3, -0.25) is 0 Å². The molecule has 132 valence electrons. The summed E-state index contributed by atoms with van der Waals surface area (Å²) in [6, 6.07) is 7.76. The second-order valence-corrected chi connectivity index (χ2v) is 7.10. The van der Waals surface area contributed by atoms with Crippen LogP contribution in [0.25, 0.3) is 15.8 Å². The van der Waals surface area contributed by atoms with Crippen LogP contribution in [0.2, 0.25) is 0 Å². The van der Waals surface area contributed by atoms with Crippen molar-refractivity contribution in [3.63, 3.8) is 0 Å². The molecule has 0 amide bonds. The van der Waals surface area contributed by atoms with Crippen LogP contribution in [-0.2, 0) is 4.74 Å². The van der Waals surface area contributed by atoms with Gasteiger partial charge in [0, 0.05) is 29.2 Å². The third kappa shape index (κ3) is 4.55.